The van der Waals surface area contributed by atoms with Gasteiger partial charge < -0.3 is 19.3 Å². The Kier molecular flexibility index (Phi) is 7.56. The molecule has 0 bridgehead atoms. The number of amides is 1. The van der Waals surface area contributed by atoms with E-state index < -0.39 is 16.5 Å². The van der Waals surface area contributed by atoms with Crippen LogP contribution in [0, 0.1) is 5.82 Å². The number of rotatable bonds is 3. The minimum atomic E-state index is -1.01. The van der Waals surface area contributed by atoms with Crippen LogP contribution in [-0.2, 0) is 16.0 Å². The highest BCUT2D eigenvalue weighted by molar-refractivity contribution is 8.17. The SMILES string of the molecule is CO[C@H]1Cn2c(=O)nc(N3CCN(C(=O)OC(C)(C)C)C[C@@H]3C)c3cc(Cl)cc(c32)[SH](c2ccc(F)cc2)C1. The molecule has 2 aromatic carbocycles. The van der Waals surface area contributed by atoms with Crippen molar-refractivity contribution in [3.05, 3.63) is 57.7 Å². The molecule has 1 aromatic heterocycles. The van der Waals surface area contributed by atoms with Gasteiger partial charge in [0.25, 0.3) is 0 Å². The van der Waals surface area contributed by atoms with Crippen molar-refractivity contribution < 1.29 is 18.7 Å². The van der Waals surface area contributed by atoms with E-state index in [0.717, 1.165) is 20.7 Å². The number of anilines is 1. The number of hydrogen-bond donors (Lipinski definition) is 1. The van der Waals surface area contributed by atoms with E-state index in [1.54, 1.807) is 28.7 Å². The number of carbonyl (C=O) groups is 1. The number of methoxy groups -OCH3 is 1. The van der Waals surface area contributed by atoms with E-state index in [1.165, 1.54) is 12.1 Å². The topological polar surface area (TPSA) is 76.9 Å². The molecule has 11 heteroatoms. The van der Waals surface area contributed by atoms with Crippen LogP contribution in [0.1, 0.15) is 27.7 Å². The molecule has 0 spiro atoms. The van der Waals surface area contributed by atoms with Crippen LogP contribution in [0.4, 0.5) is 15.0 Å². The third kappa shape index (κ3) is 5.60. The maximum atomic E-state index is 13.8. The van der Waals surface area contributed by atoms with Gasteiger partial charge in [-0.15, -0.1) is 0 Å². The molecule has 1 fully saturated rings. The van der Waals surface area contributed by atoms with Crippen LogP contribution in [0.25, 0.3) is 10.9 Å². The van der Waals surface area contributed by atoms with Crippen molar-refractivity contribution in [1.29, 1.82) is 0 Å². The number of ether oxygens (including phenoxy) is 2. The van der Waals surface area contributed by atoms with Gasteiger partial charge in [0.2, 0.25) is 0 Å². The zero-order valence-electron chi connectivity index (χ0n) is 22.8. The van der Waals surface area contributed by atoms with E-state index in [9.17, 15) is 14.0 Å². The number of aromatic nitrogens is 2. The lowest BCUT2D eigenvalue weighted by molar-refractivity contribution is 0.0218. The molecule has 3 atom stereocenters. The maximum absolute atomic E-state index is 13.8. The van der Waals surface area contributed by atoms with E-state index in [2.05, 4.69) is 9.88 Å². The molecule has 2 aliphatic heterocycles. The fourth-order valence-corrected chi connectivity index (χ4v) is 8.23. The van der Waals surface area contributed by atoms with Gasteiger partial charge in [-0.2, -0.15) is 15.9 Å². The Hall–Kier alpha value is -2.82. The van der Waals surface area contributed by atoms with Crippen molar-refractivity contribution in [2.45, 2.75) is 61.8 Å². The second-order valence-electron chi connectivity index (χ2n) is 11.1. The second-order valence-corrected chi connectivity index (χ2v) is 13.7. The molecule has 3 aromatic rings. The van der Waals surface area contributed by atoms with E-state index >= 15 is 0 Å². The molecular formula is C28H34ClFN4O4S. The summed E-state index contributed by atoms with van der Waals surface area (Å²) in [4.78, 5) is 36.5. The van der Waals surface area contributed by atoms with Crippen LogP contribution < -0.4 is 10.6 Å². The Bertz CT molecular complexity index is 1460. The van der Waals surface area contributed by atoms with Crippen molar-refractivity contribution in [2.75, 3.05) is 37.4 Å². The van der Waals surface area contributed by atoms with Gasteiger partial charge in [0.15, 0.2) is 0 Å². The molecule has 5 rings (SSSR count). The fourth-order valence-electron chi connectivity index (χ4n) is 5.28. The van der Waals surface area contributed by atoms with Gasteiger partial charge >= 0.3 is 11.8 Å². The van der Waals surface area contributed by atoms with Crippen LogP contribution in [0.15, 0.2) is 51.0 Å². The normalized spacial score (nSPS) is 22.6. The molecule has 1 unspecified atom stereocenters. The predicted molar refractivity (Wildman–Crippen MR) is 153 cm³/mol. The molecule has 39 heavy (non-hydrogen) atoms. The minimum absolute atomic E-state index is 0.116. The third-order valence-corrected chi connectivity index (χ3v) is 9.92. The Balaban J connectivity index is 1.61. The number of nitrogens with zero attached hydrogens (tertiary/aromatic N) is 4. The van der Waals surface area contributed by atoms with E-state index in [1.807, 2.05) is 39.8 Å². The standard InChI is InChI=1S/C28H34ClFN4O4S/c1-17-14-32(27(36)38-28(2,3)4)10-11-33(17)25-22-12-18(29)13-23-24(22)34(26(35)31-25)15-20(37-5)16-39(23)21-8-6-19(30)7-9-21/h6-9,12-13,17,20,39H,10-11,14-16H2,1-5H3/t17-,20-/m0/s1. The highest BCUT2D eigenvalue weighted by Crippen LogP contribution is 2.51. The monoisotopic (exact) mass is 576 g/mol. The first-order chi connectivity index (χ1) is 18.4. The Labute approximate surface area is 235 Å². The summed E-state index contributed by atoms with van der Waals surface area (Å²) in [7, 11) is 0.634. The van der Waals surface area contributed by atoms with Crippen LogP contribution in [0.2, 0.25) is 5.02 Å². The smallest absolute Gasteiger partial charge is 0.410 e. The quantitative estimate of drug-likeness (QED) is 0.438. The molecule has 8 nitrogen and oxygen atoms in total. The Morgan fingerprint density at radius 3 is 2.51 bits per heavy atom. The number of halogens is 2. The molecule has 3 heterocycles. The van der Waals surface area contributed by atoms with Gasteiger partial charge in [-0.1, -0.05) is 11.6 Å². The summed E-state index contributed by atoms with van der Waals surface area (Å²) in [5.41, 5.74) is -0.158. The molecule has 0 N–H and O–H groups in total. The molecular weight excluding hydrogens is 543 g/mol. The van der Waals surface area contributed by atoms with Crippen LogP contribution in [-0.4, -0.2) is 70.8 Å². The molecule has 2 aliphatic rings. The van der Waals surface area contributed by atoms with Crippen molar-refractivity contribution in [1.82, 2.24) is 14.5 Å². The lowest BCUT2D eigenvalue weighted by Crippen LogP contribution is -2.55. The van der Waals surface area contributed by atoms with E-state index in [-0.39, 0.29) is 29.7 Å². The average molecular weight is 577 g/mol. The zero-order valence-corrected chi connectivity index (χ0v) is 24.4. The van der Waals surface area contributed by atoms with Crippen LogP contribution in [0.5, 0.6) is 0 Å². The maximum Gasteiger partial charge on any atom is 0.410 e. The van der Waals surface area contributed by atoms with Crippen molar-refractivity contribution in [2.24, 2.45) is 0 Å². The van der Waals surface area contributed by atoms with Crippen molar-refractivity contribution in [3.63, 3.8) is 0 Å². The first-order valence-electron chi connectivity index (χ1n) is 13.0. The van der Waals surface area contributed by atoms with Crippen molar-refractivity contribution >= 4 is 45.3 Å². The molecule has 0 saturated carbocycles. The van der Waals surface area contributed by atoms with Gasteiger partial charge in [0.05, 0.1) is 18.2 Å². The highest BCUT2D eigenvalue weighted by Gasteiger charge is 2.34. The minimum Gasteiger partial charge on any atom is -0.444 e. The average Bonchev–Trinajstić information content (AvgIpc) is 3.03. The van der Waals surface area contributed by atoms with Gasteiger partial charge in [-0.25, -0.2) is 14.0 Å². The van der Waals surface area contributed by atoms with Gasteiger partial charge in [0.1, 0.15) is 17.2 Å². The number of thiol groups is 1. The van der Waals surface area contributed by atoms with Gasteiger partial charge in [-0.05, 0) is 69.0 Å². The first kappa shape index (κ1) is 27.7. The summed E-state index contributed by atoms with van der Waals surface area (Å²) < 4.78 is 26.8. The van der Waals surface area contributed by atoms with Crippen molar-refractivity contribution in [3.8, 4) is 0 Å². The highest BCUT2D eigenvalue weighted by atomic mass is 35.5. The second kappa shape index (κ2) is 10.6. The number of benzene rings is 2. The van der Waals surface area contributed by atoms with Crippen LogP contribution >= 0.6 is 22.5 Å². The summed E-state index contributed by atoms with van der Waals surface area (Å²) in [5.74, 6) is 0.913. The third-order valence-electron chi connectivity index (χ3n) is 7.08. The molecule has 0 aliphatic carbocycles. The lowest BCUT2D eigenvalue weighted by atomic mass is 10.1. The first-order valence-corrected chi connectivity index (χ1v) is 14.9. The number of piperazine rings is 1. The summed E-state index contributed by atoms with van der Waals surface area (Å²) in [6.45, 7) is 9.26. The zero-order chi connectivity index (χ0) is 28.1. The molecule has 1 amide bonds. The van der Waals surface area contributed by atoms with E-state index in [4.69, 9.17) is 21.1 Å². The number of carbonyl (C=O) groups excluding carboxylic acids is 1. The summed E-state index contributed by atoms with van der Waals surface area (Å²) in [6, 6.07) is 10.2. The lowest BCUT2D eigenvalue weighted by Gasteiger charge is -2.41. The molecule has 0 radical (unpaired) electrons. The number of hydrogen-bond acceptors (Lipinski definition) is 6. The van der Waals surface area contributed by atoms with E-state index in [0.29, 0.717) is 42.8 Å². The molecule has 1 saturated heterocycles. The fraction of sp³-hybridized carbons (Fsp3) is 0.464. The summed E-state index contributed by atoms with van der Waals surface area (Å²) in [5, 5.41) is 1.32. The Morgan fingerprint density at radius 2 is 1.87 bits per heavy atom. The van der Waals surface area contributed by atoms with Crippen LogP contribution in [0.3, 0.4) is 0 Å². The summed E-state index contributed by atoms with van der Waals surface area (Å²) >= 11 is 6.71. The van der Waals surface area contributed by atoms with Gasteiger partial charge in [0, 0.05) is 53.8 Å². The Morgan fingerprint density at radius 1 is 1.15 bits per heavy atom. The summed E-state index contributed by atoms with van der Waals surface area (Å²) in [6.07, 6.45) is -0.578. The van der Waals surface area contributed by atoms with Gasteiger partial charge in [-0.3, -0.25) is 4.57 Å². The largest absolute Gasteiger partial charge is 0.444 e. The molecule has 210 valence electrons. The predicted octanol–water partition coefficient (Wildman–Crippen LogP) is 5.08.